The first-order valence-electron chi connectivity index (χ1n) is 3.24. The number of nitriles is 1. The molecule has 0 radical (unpaired) electrons. The van der Waals surface area contributed by atoms with E-state index in [1.807, 2.05) is 0 Å². The SMILES string of the molecule is N#Cc1c(Cl)cc([N+](=O)[O-])c(O)c1Br. The molecule has 0 fully saturated rings. The van der Waals surface area contributed by atoms with Crippen LogP contribution < -0.4 is 0 Å². The van der Waals surface area contributed by atoms with Gasteiger partial charge in [-0.2, -0.15) is 5.26 Å². The van der Waals surface area contributed by atoms with Gasteiger partial charge < -0.3 is 5.11 Å². The Morgan fingerprint density at radius 3 is 2.71 bits per heavy atom. The summed E-state index contributed by atoms with van der Waals surface area (Å²) in [7, 11) is 0. The van der Waals surface area contributed by atoms with Gasteiger partial charge in [0.25, 0.3) is 0 Å². The number of phenolic OH excluding ortho intramolecular Hbond substituents is 1. The third-order valence-corrected chi connectivity index (χ3v) is 2.55. The van der Waals surface area contributed by atoms with Crippen molar-refractivity contribution in [2.24, 2.45) is 0 Å². The van der Waals surface area contributed by atoms with Crippen molar-refractivity contribution in [2.75, 3.05) is 0 Å². The van der Waals surface area contributed by atoms with Gasteiger partial charge in [-0.15, -0.1) is 0 Å². The van der Waals surface area contributed by atoms with Crippen LogP contribution in [0.4, 0.5) is 5.69 Å². The summed E-state index contributed by atoms with van der Waals surface area (Å²) in [4.78, 5) is 9.62. The van der Waals surface area contributed by atoms with Crippen molar-refractivity contribution in [3.8, 4) is 11.8 Å². The molecule has 0 aliphatic heterocycles. The van der Waals surface area contributed by atoms with E-state index < -0.39 is 16.4 Å². The van der Waals surface area contributed by atoms with Crippen LogP contribution in [0, 0.1) is 21.4 Å². The molecular weight excluding hydrogens is 275 g/mol. The number of aromatic hydroxyl groups is 1. The molecule has 0 bridgehead atoms. The number of halogens is 2. The van der Waals surface area contributed by atoms with E-state index in [0.717, 1.165) is 6.07 Å². The van der Waals surface area contributed by atoms with Crippen molar-refractivity contribution in [2.45, 2.75) is 0 Å². The first-order valence-corrected chi connectivity index (χ1v) is 4.41. The number of rotatable bonds is 1. The lowest BCUT2D eigenvalue weighted by Gasteiger charge is -2.02. The molecule has 1 N–H and O–H groups in total. The van der Waals surface area contributed by atoms with E-state index in [0.29, 0.717) is 0 Å². The Balaban J connectivity index is 3.58. The lowest BCUT2D eigenvalue weighted by molar-refractivity contribution is -0.385. The molecule has 14 heavy (non-hydrogen) atoms. The van der Waals surface area contributed by atoms with Gasteiger partial charge in [-0.05, 0) is 15.9 Å². The molecule has 0 aromatic heterocycles. The zero-order valence-electron chi connectivity index (χ0n) is 6.49. The van der Waals surface area contributed by atoms with E-state index in [-0.39, 0.29) is 15.1 Å². The second-order valence-electron chi connectivity index (χ2n) is 2.28. The van der Waals surface area contributed by atoms with Crippen molar-refractivity contribution < 1.29 is 10.0 Å². The van der Waals surface area contributed by atoms with Gasteiger partial charge in [-0.3, -0.25) is 10.1 Å². The molecule has 1 rings (SSSR count). The van der Waals surface area contributed by atoms with Gasteiger partial charge >= 0.3 is 5.69 Å². The Morgan fingerprint density at radius 2 is 2.29 bits per heavy atom. The van der Waals surface area contributed by atoms with Gasteiger partial charge in [-0.25, -0.2) is 0 Å². The quantitative estimate of drug-likeness (QED) is 0.631. The third kappa shape index (κ3) is 1.64. The fourth-order valence-electron chi connectivity index (χ4n) is 0.838. The topological polar surface area (TPSA) is 87.2 Å². The molecule has 0 saturated carbocycles. The Labute approximate surface area is 91.8 Å². The first-order chi connectivity index (χ1) is 6.49. The normalized spacial score (nSPS) is 9.50. The standard InChI is InChI=1S/C7H2BrClN2O3/c8-6-3(2-10)4(9)1-5(7(6)12)11(13)14/h1,12H. The Morgan fingerprint density at radius 1 is 1.71 bits per heavy atom. The summed E-state index contributed by atoms with van der Waals surface area (Å²) in [6.45, 7) is 0. The summed E-state index contributed by atoms with van der Waals surface area (Å²) in [5.41, 5.74) is -0.573. The van der Waals surface area contributed by atoms with E-state index >= 15 is 0 Å². The van der Waals surface area contributed by atoms with Gasteiger partial charge in [-0.1, -0.05) is 11.6 Å². The molecule has 72 valence electrons. The maximum atomic E-state index is 10.4. The van der Waals surface area contributed by atoms with Crippen LogP contribution in [0.2, 0.25) is 5.02 Å². The molecule has 1 aromatic rings. The molecule has 0 unspecified atom stereocenters. The molecule has 7 heteroatoms. The summed E-state index contributed by atoms with van der Waals surface area (Å²) in [5.74, 6) is -0.601. The van der Waals surface area contributed by atoms with Crippen LogP contribution in [0.25, 0.3) is 0 Å². The van der Waals surface area contributed by atoms with Crippen molar-refractivity contribution in [1.29, 1.82) is 5.26 Å². The number of phenols is 1. The molecule has 0 heterocycles. The van der Waals surface area contributed by atoms with Gasteiger partial charge in [0.05, 0.1) is 20.0 Å². The highest BCUT2D eigenvalue weighted by Crippen LogP contribution is 2.39. The van der Waals surface area contributed by atoms with Crippen LogP contribution in [0.3, 0.4) is 0 Å². The molecule has 1 aromatic carbocycles. The number of hydrogen-bond donors (Lipinski definition) is 1. The number of hydrogen-bond acceptors (Lipinski definition) is 4. The van der Waals surface area contributed by atoms with Gasteiger partial charge in [0.15, 0.2) is 0 Å². The number of nitrogens with zero attached hydrogens (tertiary/aromatic N) is 2. The molecule has 0 saturated heterocycles. The van der Waals surface area contributed by atoms with E-state index in [4.69, 9.17) is 16.9 Å². The molecular formula is C7H2BrClN2O3. The predicted molar refractivity (Wildman–Crippen MR) is 52.2 cm³/mol. The zero-order valence-corrected chi connectivity index (χ0v) is 8.83. The second kappa shape index (κ2) is 3.82. The summed E-state index contributed by atoms with van der Waals surface area (Å²) >= 11 is 8.43. The average molecular weight is 277 g/mol. The molecule has 0 aliphatic carbocycles. The Hall–Kier alpha value is -1.32. The fraction of sp³-hybridized carbons (Fsp3) is 0. The van der Waals surface area contributed by atoms with Crippen LogP contribution >= 0.6 is 27.5 Å². The highest BCUT2D eigenvalue weighted by atomic mass is 79.9. The molecule has 5 nitrogen and oxygen atoms in total. The lowest BCUT2D eigenvalue weighted by Crippen LogP contribution is -1.91. The molecule has 0 amide bonds. The summed E-state index contributed by atoms with van der Waals surface area (Å²) in [6.07, 6.45) is 0. The van der Waals surface area contributed by atoms with E-state index in [1.54, 1.807) is 6.07 Å². The Kier molecular flexibility index (Phi) is 2.93. The minimum Gasteiger partial charge on any atom is -0.501 e. The highest BCUT2D eigenvalue weighted by molar-refractivity contribution is 9.10. The van der Waals surface area contributed by atoms with Crippen LogP contribution in [-0.4, -0.2) is 10.0 Å². The third-order valence-electron chi connectivity index (χ3n) is 1.48. The number of benzene rings is 1. The minimum absolute atomic E-state index is 0.0326. The zero-order chi connectivity index (χ0) is 10.9. The molecule has 0 spiro atoms. The van der Waals surface area contributed by atoms with Crippen molar-refractivity contribution in [3.63, 3.8) is 0 Å². The van der Waals surface area contributed by atoms with E-state index in [2.05, 4.69) is 15.9 Å². The van der Waals surface area contributed by atoms with Crippen LogP contribution in [0.5, 0.6) is 5.75 Å². The minimum atomic E-state index is -0.785. The highest BCUT2D eigenvalue weighted by Gasteiger charge is 2.21. The van der Waals surface area contributed by atoms with Crippen molar-refractivity contribution in [1.82, 2.24) is 0 Å². The average Bonchev–Trinajstić information content (AvgIpc) is 2.12. The summed E-state index contributed by atoms with van der Waals surface area (Å²) < 4.78 is -0.0702. The van der Waals surface area contributed by atoms with Crippen LogP contribution in [0.1, 0.15) is 5.56 Å². The Bertz CT molecular complexity index is 455. The smallest absolute Gasteiger partial charge is 0.313 e. The first kappa shape index (κ1) is 10.8. The molecule has 0 aliphatic rings. The predicted octanol–water partition coefficient (Wildman–Crippen LogP) is 2.59. The lowest BCUT2D eigenvalue weighted by atomic mass is 10.2. The van der Waals surface area contributed by atoms with Gasteiger partial charge in [0.1, 0.15) is 6.07 Å². The van der Waals surface area contributed by atoms with Crippen molar-refractivity contribution in [3.05, 3.63) is 31.2 Å². The van der Waals surface area contributed by atoms with E-state index in [9.17, 15) is 15.2 Å². The van der Waals surface area contributed by atoms with Crippen molar-refractivity contribution >= 4 is 33.2 Å². The van der Waals surface area contributed by atoms with Crippen LogP contribution in [0.15, 0.2) is 10.5 Å². The number of nitro groups is 1. The summed E-state index contributed by atoms with van der Waals surface area (Å²) in [5, 5.41) is 28.2. The van der Waals surface area contributed by atoms with Gasteiger partial charge in [0, 0.05) is 6.07 Å². The van der Waals surface area contributed by atoms with Gasteiger partial charge in [0.2, 0.25) is 5.75 Å². The monoisotopic (exact) mass is 276 g/mol. The largest absolute Gasteiger partial charge is 0.501 e. The molecule has 0 atom stereocenters. The number of nitro benzene ring substituents is 1. The maximum absolute atomic E-state index is 10.4. The second-order valence-corrected chi connectivity index (χ2v) is 3.48. The van der Waals surface area contributed by atoms with E-state index in [1.165, 1.54) is 0 Å². The fourth-order valence-corrected chi connectivity index (χ4v) is 1.70. The van der Waals surface area contributed by atoms with Crippen LogP contribution in [-0.2, 0) is 0 Å². The maximum Gasteiger partial charge on any atom is 0.313 e. The summed E-state index contributed by atoms with van der Waals surface area (Å²) in [6, 6.07) is 2.64.